The highest BCUT2D eigenvalue weighted by atomic mass is 16.5. The Morgan fingerprint density at radius 1 is 1.55 bits per heavy atom. The van der Waals surface area contributed by atoms with E-state index in [1.807, 2.05) is 0 Å². The van der Waals surface area contributed by atoms with Gasteiger partial charge in [-0.2, -0.15) is 0 Å². The van der Waals surface area contributed by atoms with E-state index in [0.29, 0.717) is 11.3 Å². The molecule has 2 heteroatoms. The maximum Gasteiger partial charge on any atom is 0.312 e. The van der Waals surface area contributed by atoms with Gasteiger partial charge in [0.05, 0.1) is 12.5 Å². The van der Waals surface area contributed by atoms with Gasteiger partial charge in [0.1, 0.15) is 0 Å². The Hall–Kier alpha value is -0.530. The van der Waals surface area contributed by atoms with Crippen LogP contribution in [0.1, 0.15) is 26.7 Å². The third-order valence-corrected chi connectivity index (χ3v) is 3.38. The fraction of sp³-hybridized carbons (Fsp3) is 0.889. The van der Waals surface area contributed by atoms with Crippen LogP contribution in [0.3, 0.4) is 0 Å². The van der Waals surface area contributed by atoms with Crippen molar-refractivity contribution in [2.75, 3.05) is 7.11 Å². The third-order valence-electron chi connectivity index (χ3n) is 3.38. The summed E-state index contributed by atoms with van der Waals surface area (Å²) < 4.78 is 4.75. The zero-order chi connectivity index (χ0) is 8.28. The number of fused-ring (bicyclic) bond motifs is 1. The van der Waals surface area contributed by atoms with Crippen LogP contribution in [0, 0.1) is 16.7 Å². The Morgan fingerprint density at radius 3 is 2.45 bits per heavy atom. The van der Waals surface area contributed by atoms with Crippen molar-refractivity contribution in [2.24, 2.45) is 16.7 Å². The molecule has 0 aromatic carbocycles. The smallest absolute Gasteiger partial charge is 0.312 e. The summed E-state index contributed by atoms with van der Waals surface area (Å²) in [6.07, 6.45) is 2.09. The number of rotatable bonds is 1. The standard InChI is InChI=1S/C9H14O2/c1-8(2)5-9(4-6(8)9)7(10)11-3/h6H,4-5H2,1-3H3. The molecule has 0 aromatic rings. The molecule has 2 fully saturated rings. The maximum atomic E-state index is 11.2. The number of methoxy groups -OCH3 is 1. The van der Waals surface area contributed by atoms with Crippen LogP contribution in [0.2, 0.25) is 0 Å². The monoisotopic (exact) mass is 154 g/mol. The van der Waals surface area contributed by atoms with E-state index in [1.54, 1.807) is 0 Å². The van der Waals surface area contributed by atoms with Gasteiger partial charge < -0.3 is 4.74 Å². The van der Waals surface area contributed by atoms with E-state index >= 15 is 0 Å². The highest BCUT2D eigenvalue weighted by Crippen LogP contribution is 2.76. The Morgan fingerprint density at radius 2 is 2.18 bits per heavy atom. The Bertz CT molecular complexity index is 220. The quantitative estimate of drug-likeness (QED) is 0.536. The lowest BCUT2D eigenvalue weighted by molar-refractivity contribution is -0.154. The van der Waals surface area contributed by atoms with Crippen LogP contribution in [0.25, 0.3) is 0 Å². The van der Waals surface area contributed by atoms with E-state index in [1.165, 1.54) is 7.11 Å². The average Bonchev–Trinajstić information content (AvgIpc) is 2.58. The summed E-state index contributed by atoms with van der Waals surface area (Å²) in [4.78, 5) is 11.2. The molecule has 0 bridgehead atoms. The highest BCUT2D eigenvalue weighted by molar-refractivity contribution is 5.82. The van der Waals surface area contributed by atoms with Gasteiger partial charge in [-0.25, -0.2) is 0 Å². The minimum atomic E-state index is -0.0295. The van der Waals surface area contributed by atoms with Crippen LogP contribution in [-0.4, -0.2) is 13.1 Å². The lowest BCUT2D eigenvalue weighted by Crippen LogP contribution is -2.39. The lowest BCUT2D eigenvalue weighted by Gasteiger charge is -2.39. The number of carbonyl (C=O) groups is 1. The summed E-state index contributed by atoms with van der Waals surface area (Å²) in [7, 11) is 1.48. The van der Waals surface area contributed by atoms with Gasteiger partial charge >= 0.3 is 5.97 Å². The Labute approximate surface area is 66.9 Å². The van der Waals surface area contributed by atoms with Crippen LogP contribution in [0.15, 0.2) is 0 Å². The van der Waals surface area contributed by atoms with Gasteiger partial charge in [-0.1, -0.05) is 13.8 Å². The lowest BCUT2D eigenvalue weighted by atomic mass is 9.64. The van der Waals surface area contributed by atoms with Gasteiger partial charge in [-0.05, 0) is 24.2 Å². The zero-order valence-electron chi connectivity index (χ0n) is 7.31. The fourth-order valence-corrected chi connectivity index (χ4v) is 2.83. The van der Waals surface area contributed by atoms with Crippen molar-refractivity contribution >= 4 is 5.97 Å². The molecule has 2 rings (SSSR count). The van der Waals surface area contributed by atoms with Gasteiger partial charge in [0.15, 0.2) is 0 Å². The molecule has 2 aliphatic rings. The summed E-state index contributed by atoms with van der Waals surface area (Å²) in [5.74, 6) is 0.629. The van der Waals surface area contributed by atoms with E-state index in [0.717, 1.165) is 12.8 Å². The van der Waals surface area contributed by atoms with Crippen molar-refractivity contribution in [1.29, 1.82) is 0 Å². The number of esters is 1. The van der Waals surface area contributed by atoms with Crippen LogP contribution < -0.4 is 0 Å². The van der Waals surface area contributed by atoms with E-state index in [4.69, 9.17) is 4.74 Å². The molecule has 0 N–H and O–H groups in total. The van der Waals surface area contributed by atoms with Crippen molar-refractivity contribution in [1.82, 2.24) is 0 Å². The average molecular weight is 154 g/mol. The van der Waals surface area contributed by atoms with Crippen molar-refractivity contribution in [3.05, 3.63) is 0 Å². The first kappa shape index (κ1) is 7.14. The van der Waals surface area contributed by atoms with E-state index in [-0.39, 0.29) is 11.4 Å². The molecule has 2 atom stereocenters. The summed E-state index contributed by atoms with van der Waals surface area (Å²) in [5, 5.41) is 0. The first-order valence-electron chi connectivity index (χ1n) is 4.11. The minimum absolute atomic E-state index is 0.0156. The second-order valence-corrected chi connectivity index (χ2v) is 4.57. The molecule has 0 radical (unpaired) electrons. The van der Waals surface area contributed by atoms with Gasteiger partial charge in [-0.15, -0.1) is 0 Å². The third kappa shape index (κ3) is 0.652. The first-order valence-corrected chi connectivity index (χ1v) is 4.11. The molecular formula is C9H14O2. The van der Waals surface area contributed by atoms with Gasteiger partial charge in [0.2, 0.25) is 0 Å². The van der Waals surface area contributed by atoms with Crippen molar-refractivity contribution in [2.45, 2.75) is 26.7 Å². The fourth-order valence-electron chi connectivity index (χ4n) is 2.83. The molecule has 2 saturated carbocycles. The predicted molar refractivity (Wildman–Crippen MR) is 41.0 cm³/mol. The zero-order valence-corrected chi connectivity index (χ0v) is 7.31. The second-order valence-electron chi connectivity index (χ2n) is 4.57. The highest BCUT2D eigenvalue weighted by Gasteiger charge is 2.75. The van der Waals surface area contributed by atoms with Gasteiger partial charge in [-0.3, -0.25) is 4.79 Å². The molecule has 0 amide bonds. The molecule has 0 saturated heterocycles. The van der Waals surface area contributed by atoms with Crippen molar-refractivity contribution in [3.63, 3.8) is 0 Å². The number of carbonyl (C=O) groups excluding carboxylic acids is 1. The SMILES string of the molecule is COC(=O)C12CC1C(C)(C)C2. The molecule has 62 valence electrons. The summed E-state index contributed by atoms with van der Waals surface area (Å²) in [6, 6.07) is 0. The summed E-state index contributed by atoms with van der Waals surface area (Å²) >= 11 is 0. The van der Waals surface area contributed by atoms with Crippen LogP contribution >= 0.6 is 0 Å². The van der Waals surface area contributed by atoms with E-state index in [9.17, 15) is 4.79 Å². The first-order chi connectivity index (χ1) is 5.03. The molecule has 0 aromatic heterocycles. The van der Waals surface area contributed by atoms with Crippen LogP contribution in [0.5, 0.6) is 0 Å². The van der Waals surface area contributed by atoms with Gasteiger partial charge in [0, 0.05) is 0 Å². The minimum Gasteiger partial charge on any atom is -0.469 e. The molecule has 2 unspecified atom stereocenters. The Balaban J connectivity index is 2.08. The van der Waals surface area contributed by atoms with Crippen LogP contribution in [-0.2, 0) is 9.53 Å². The summed E-state index contributed by atoms with van der Waals surface area (Å²) in [5.41, 5.74) is 0.368. The number of ether oxygens (including phenoxy) is 1. The second kappa shape index (κ2) is 1.62. The normalized spacial score (nSPS) is 43.7. The molecular weight excluding hydrogens is 140 g/mol. The molecule has 2 aliphatic carbocycles. The number of hydrogen-bond acceptors (Lipinski definition) is 2. The maximum absolute atomic E-state index is 11.2. The Kier molecular flexibility index (Phi) is 1.05. The molecule has 0 heterocycles. The molecule has 0 aliphatic heterocycles. The van der Waals surface area contributed by atoms with Crippen LogP contribution in [0.4, 0.5) is 0 Å². The van der Waals surface area contributed by atoms with Crippen molar-refractivity contribution in [3.8, 4) is 0 Å². The predicted octanol–water partition coefficient (Wildman–Crippen LogP) is 1.60. The summed E-state index contributed by atoms with van der Waals surface area (Å²) in [6.45, 7) is 4.46. The van der Waals surface area contributed by atoms with E-state index < -0.39 is 0 Å². The molecule has 2 nitrogen and oxygen atoms in total. The van der Waals surface area contributed by atoms with Gasteiger partial charge in [0.25, 0.3) is 0 Å². The van der Waals surface area contributed by atoms with E-state index in [2.05, 4.69) is 13.8 Å². The number of hydrogen-bond donors (Lipinski definition) is 0. The molecule has 0 spiro atoms. The topological polar surface area (TPSA) is 26.3 Å². The van der Waals surface area contributed by atoms with Crippen molar-refractivity contribution < 1.29 is 9.53 Å². The molecule has 11 heavy (non-hydrogen) atoms. The largest absolute Gasteiger partial charge is 0.469 e.